The minimum absolute atomic E-state index is 0.128. The predicted molar refractivity (Wildman–Crippen MR) is 133 cm³/mol. The van der Waals surface area contributed by atoms with Gasteiger partial charge in [0, 0.05) is 5.39 Å². The molecule has 6 heteroatoms. The van der Waals surface area contributed by atoms with E-state index >= 15 is 0 Å². The number of ether oxygens (including phenoxy) is 2. The molecule has 1 fully saturated rings. The van der Waals surface area contributed by atoms with Crippen LogP contribution in [0.4, 0.5) is 5.69 Å². The molecule has 1 heterocycles. The van der Waals surface area contributed by atoms with Gasteiger partial charge in [0.2, 0.25) is 0 Å². The highest BCUT2D eigenvalue weighted by atomic mass is 32.2. The zero-order valence-electron chi connectivity index (χ0n) is 17.0. The molecular weight excluding hydrogens is 426 g/mol. The molecule has 1 saturated heterocycles. The molecule has 0 bridgehead atoms. The lowest BCUT2D eigenvalue weighted by atomic mass is 10.1. The first kappa shape index (κ1) is 21.2. The van der Waals surface area contributed by atoms with E-state index in [4.69, 9.17) is 21.7 Å². The molecule has 156 valence electrons. The van der Waals surface area contributed by atoms with Crippen LogP contribution in [0.5, 0.6) is 11.5 Å². The van der Waals surface area contributed by atoms with Crippen LogP contribution < -0.4 is 14.4 Å². The van der Waals surface area contributed by atoms with Crippen LogP contribution in [0.15, 0.2) is 78.2 Å². The van der Waals surface area contributed by atoms with E-state index in [1.54, 1.807) is 11.0 Å². The Hall–Kier alpha value is -3.09. The van der Waals surface area contributed by atoms with Crippen LogP contribution in [-0.2, 0) is 4.79 Å². The topological polar surface area (TPSA) is 38.8 Å². The lowest BCUT2D eigenvalue weighted by Crippen LogP contribution is -2.27. The number of nitrogens with zero attached hydrogens (tertiary/aromatic N) is 1. The summed E-state index contributed by atoms with van der Waals surface area (Å²) in [6, 6.07) is 19.5. The van der Waals surface area contributed by atoms with Gasteiger partial charge < -0.3 is 9.47 Å². The molecule has 0 N–H and O–H groups in total. The number of rotatable bonds is 7. The highest BCUT2D eigenvalue weighted by molar-refractivity contribution is 8.27. The summed E-state index contributed by atoms with van der Waals surface area (Å²) in [6.45, 7) is 6.49. The minimum Gasteiger partial charge on any atom is -0.490 e. The van der Waals surface area contributed by atoms with Gasteiger partial charge in [0.1, 0.15) is 6.61 Å². The van der Waals surface area contributed by atoms with Gasteiger partial charge in [0.25, 0.3) is 5.91 Å². The number of anilines is 1. The van der Waals surface area contributed by atoms with Crippen molar-refractivity contribution >= 4 is 56.7 Å². The molecule has 3 aromatic rings. The summed E-state index contributed by atoms with van der Waals surface area (Å²) < 4.78 is 11.9. The number of carbonyl (C=O) groups is 1. The summed E-state index contributed by atoms with van der Waals surface area (Å²) in [5.74, 6) is 1.14. The second-order valence-corrected chi connectivity index (χ2v) is 8.43. The van der Waals surface area contributed by atoms with Crippen LogP contribution in [0.1, 0.15) is 12.5 Å². The van der Waals surface area contributed by atoms with E-state index in [0.29, 0.717) is 33.9 Å². The highest BCUT2D eigenvalue weighted by Crippen LogP contribution is 2.39. The van der Waals surface area contributed by atoms with Crippen molar-refractivity contribution in [2.45, 2.75) is 6.92 Å². The Morgan fingerprint density at radius 3 is 2.68 bits per heavy atom. The van der Waals surface area contributed by atoms with E-state index in [1.165, 1.54) is 11.8 Å². The third-order valence-corrected chi connectivity index (χ3v) is 6.03. The second-order valence-electron chi connectivity index (χ2n) is 6.75. The number of thioether (sulfide) groups is 1. The molecule has 0 atom stereocenters. The molecule has 3 aromatic carbocycles. The number of hydrogen-bond donors (Lipinski definition) is 0. The molecule has 4 rings (SSSR count). The van der Waals surface area contributed by atoms with Crippen molar-refractivity contribution in [3.63, 3.8) is 0 Å². The van der Waals surface area contributed by atoms with E-state index in [-0.39, 0.29) is 5.91 Å². The third-order valence-electron chi connectivity index (χ3n) is 4.72. The second kappa shape index (κ2) is 9.37. The smallest absolute Gasteiger partial charge is 0.270 e. The fourth-order valence-electron chi connectivity index (χ4n) is 3.38. The van der Waals surface area contributed by atoms with Gasteiger partial charge in [0.15, 0.2) is 15.8 Å². The zero-order chi connectivity index (χ0) is 21.8. The van der Waals surface area contributed by atoms with Crippen LogP contribution in [0, 0.1) is 0 Å². The standard InChI is InChI=1S/C25H21NO3S2/c1-3-14-29-21-13-12-17(15-22(21)28-4-2)16-23-24(27)26(25(30)31-23)20-11-7-9-18-8-5-6-10-19(18)20/h3,5-13,15-16H,1,4,14H2,2H3/b23-16-. The van der Waals surface area contributed by atoms with Crippen molar-refractivity contribution in [1.29, 1.82) is 0 Å². The maximum Gasteiger partial charge on any atom is 0.270 e. The first-order chi connectivity index (χ1) is 15.1. The van der Waals surface area contributed by atoms with E-state index < -0.39 is 0 Å². The Morgan fingerprint density at radius 1 is 1.06 bits per heavy atom. The van der Waals surface area contributed by atoms with Crippen LogP contribution >= 0.6 is 24.0 Å². The molecule has 0 radical (unpaired) electrons. The number of fused-ring (bicyclic) bond motifs is 1. The first-order valence-corrected chi connectivity index (χ1v) is 11.1. The summed E-state index contributed by atoms with van der Waals surface area (Å²) in [6.07, 6.45) is 3.52. The van der Waals surface area contributed by atoms with Crippen LogP contribution in [0.2, 0.25) is 0 Å². The Bertz CT molecular complexity index is 1200. The van der Waals surface area contributed by atoms with E-state index in [9.17, 15) is 4.79 Å². The van der Waals surface area contributed by atoms with Gasteiger partial charge in [-0.2, -0.15) is 0 Å². The van der Waals surface area contributed by atoms with Gasteiger partial charge in [-0.1, -0.05) is 79.1 Å². The molecule has 0 aliphatic carbocycles. The van der Waals surface area contributed by atoms with Crippen LogP contribution in [-0.4, -0.2) is 23.4 Å². The van der Waals surface area contributed by atoms with E-state index in [1.807, 2.05) is 73.7 Å². The maximum atomic E-state index is 13.3. The Labute approximate surface area is 191 Å². The number of benzene rings is 3. The fourth-order valence-corrected chi connectivity index (χ4v) is 4.67. The third kappa shape index (κ3) is 4.36. The largest absolute Gasteiger partial charge is 0.490 e. The highest BCUT2D eigenvalue weighted by Gasteiger charge is 2.34. The van der Waals surface area contributed by atoms with Gasteiger partial charge in [0.05, 0.1) is 17.2 Å². The molecule has 0 unspecified atom stereocenters. The van der Waals surface area contributed by atoms with Gasteiger partial charge in [-0.05, 0) is 42.1 Å². The summed E-state index contributed by atoms with van der Waals surface area (Å²) >= 11 is 6.87. The van der Waals surface area contributed by atoms with Crippen molar-refractivity contribution in [2.24, 2.45) is 0 Å². The lowest BCUT2D eigenvalue weighted by Gasteiger charge is -2.17. The van der Waals surface area contributed by atoms with Gasteiger partial charge >= 0.3 is 0 Å². The lowest BCUT2D eigenvalue weighted by molar-refractivity contribution is -0.113. The molecule has 0 saturated carbocycles. The number of hydrogen-bond acceptors (Lipinski definition) is 5. The molecule has 1 amide bonds. The quantitative estimate of drug-likeness (QED) is 0.245. The minimum atomic E-state index is -0.128. The summed E-state index contributed by atoms with van der Waals surface area (Å²) in [5.41, 5.74) is 1.64. The Kier molecular flexibility index (Phi) is 6.39. The SMILES string of the molecule is C=CCOc1ccc(/C=C2\SC(=S)N(c3cccc4ccccc34)C2=O)cc1OCC. The monoisotopic (exact) mass is 447 g/mol. The molecule has 1 aliphatic heterocycles. The van der Waals surface area contributed by atoms with Crippen molar-refractivity contribution in [3.8, 4) is 11.5 Å². The van der Waals surface area contributed by atoms with Crippen molar-refractivity contribution < 1.29 is 14.3 Å². The number of carbonyl (C=O) groups excluding carboxylic acids is 1. The average Bonchev–Trinajstić information content (AvgIpc) is 3.05. The van der Waals surface area contributed by atoms with Crippen molar-refractivity contribution in [1.82, 2.24) is 0 Å². The van der Waals surface area contributed by atoms with Gasteiger partial charge in [-0.25, -0.2) is 0 Å². The summed E-state index contributed by atoms with van der Waals surface area (Å²) in [7, 11) is 0. The molecule has 0 spiro atoms. The molecule has 0 aromatic heterocycles. The van der Waals surface area contributed by atoms with E-state index in [0.717, 1.165) is 22.0 Å². The van der Waals surface area contributed by atoms with E-state index in [2.05, 4.69) is 6.58 Å². The first-order valence-electron chi connectivity index (χ1n) is 9.88. The molecule has 1 aliphatic rings. The van der Waals surface area contributed by atoms with Crippen LogP contribution in [0.3, 0.4) is 0 Å². The predicted octanol–water partition coefficient (Wildman–Crippen LogP) is 6.21. The summed E-state index contributed by atoms with van der Waals surface area (Å²) in [4.78, 5) is 15.4. The number of amides is 1. The fraction of sp³-hybridized carbons (Fsp3) is 0.120. The summed E-state index contributed by atoms with van der Waals surface area (Å²) in [5, 5.41) is 2.06. The average molecular weight is 448 g/mol. The number of thiocarbonyl (C=S) groups is 1. The molecular formula is C25H21NO3S2. The molecule has 4 nitrogen and oxygen atoms in total. The Balaban J connectivity index is 1.67. The zero-order valence-corrected chi connectivity index (χ0v) is 18.7. The normalized spacial score (nSPS) is 15.0. The van der Waals surface area contributed by atoms with Gasteiger partial charge in [-0.3, -0.25) is 9.69 Å². The molecule has 31 heavy (non-hydrogen) atoms. The van der Waals surface area contributed by atoms with Crippen LogP contribution in [0.25, 0.3) is 16.8 Å². The van der Waals surface area contributed by atoms with Gasteiger partial charge in [-0.15, -0.1) is 0 Å². The Morgan fingerprint density at radius 2 is 1.87 bits per heavy atom. The van der Waals surface area contributed by atoms with Crippen molar-refractivity contribution in [3.05, 3.63) is 83.8 Å². The van der Waals surface area contributed by atoms with Crippen molar-refractivity contribution in [2.75, 3.05) is 18.1 Å². The maximum absolute atomic E-state index is 13.3.